The number of aliphatic hydroxyl groups is 2. The number of nitrogen functional groups attached to an aromatic ring is 1. The molecule has 4 N–H and O–H groups in total. The van der Waals surface area contributed by atoms with Crippen molar-refractivity contribution in [2.45, 2.75) is 24.5 Å². The van der Waals surface area contributed by atoms with Crippen LogP contribution in [-0.4, -0.2) is 61.8 Å². The van der Waals surface area contributed by atoms with E-state index in [-0.39, 0.29) is 12.4 Å². The average Bonchev–Trinajstić information content (AvgIpc) is 2.99. The molecule has 9 nitrogen and oxygen atoms in total. The van der Waals surface area contributed by atoms with Gasteiger partial charge in [0.05, 0.1) is 12.9 Å². The van der Waals surface area contributed by atoms with Gasteiger partial charge in [-0.05, 0) is 15.9 Å². The fraction of sp³-hybridized carbons (Fsp3) is 0.545. The molecule has 4 atom stereocenters. The summed E-state index contributed by atoms with van der Waals surface area (Å²) in [5, 5.41) is 19.6. The number of anilines is 1. The number of aliphatic hydroxyl groups excluding tert-OH is 2. The molecule has 0 radical (unpaired) electrons. The Hall–Kier alpha value is -1.33. The van der Waals surface area contributed by atoms with E-state index >= 15 is 0 Å². The highest BCUT2D eigenvalue weighted by atomic mass is 79.9. The van der Waals surface area contributed by atoms with Crippen molar-refractivity contribution in [3.63, 3.8) is 0 Å². The molecule has 0 bridgehead atoms. The molecule has 0 unspecified atom stereocenters. The Kier molecular flexibility index (Phi) is 3.80. The van der Waals surface area contributed by atoms with Gasteiger partial charge in [0.15, 0.2) is 17.7 Å². The minimum Gasteiger partial charge on any atom is -0.394 e. The van der Waals surface area contributed by atoms with E-state index in [2.05, 4.69) is 30.9 Å². The average molecular weight is 360 g/mol. The van der Waals surface area contributed by atoms with Gasteiger partial charge in [-0.3, -0.25) is 4.57 Å². The fourth-order valence-corrected chi connectivity index (χ4v) is 2.84. The number of hydrogen-bond donors (Lipinski definition) is 3. The molecular weight excluding hydrogens is 346 g/mol. The summed E-state index contributed by atoms with van der Waals surface area (Å²) in [5.41, 5.74) is 6.62. The van der Waals surface area contributed by atoms with E-state index in [0.29, 0.717) is 15.9 Å². The molecule has 0 spiro atoms. The molecule has 0 amide bonds. The van der Waals surface area contributed by atoms with Gasteiger partial charge in [0.25, 0.3) is 0 Å². The predicted molar refractivity (Wildman–Crippen MR) is 75.2 cm³/mol. The van der Waals surface area contributed by atoms with Crippen LogP contribution < -0.4 is 5.73 Å². The number of nitrogens with zero attached hydrogens (tertiary/aromatic N) is 4. The third-order valence-electron chi connectivity index (χ3n) is 3.46. The lowest BCUT2D eigenvalue weighted by Crippen LogP contribution is -2.35. The maximum Gasteiger partial charge on any atom is 0.200 e. The molecule has 1 saturated heterocycles. The summed E-state index contributed by atoms with van der Waals surface area (Å²) in [6, 6.07) is 0. The zero-order valence-electron chi connectivity index (χ0n) is 11.0. The Morgan fingerprint density at radius 3 is 2.90 bits per heavy atom. The Labute approximate surface area is 127 Å². The summed E-state index contributed by atoms with van der Waals surface area (Å²) in [4.78, 5) is 12.3. The van der Waals surface area contributed by atoms with E-state index in [0.717, 1.165) is 0 Å². The number of imidazole rings is 1. The van der Waals surface area contributed by atoms with Gasteiger partial charge >= 0.3 is 0 Å². The zero-order valence-corrected chi connectivity index (χ0v) is 12.6. The highest BCUT2D eigenvalue weighted by Gasteiger charge is 2.45. The lowest BCUT2D eigenvalue weighted by molar-refractivity contribution is -0.0536. The zero-order chi connectivity index (χ0) is 15.1. The van der Waals surface area contributed by atoms with E-state index in [9.17, 15) is 10.2 Å². The molecule has 0 aliphatic carbocycles. The minimum atomic E-state index is -0.973. The van der Waals surface area contributed by atoms with Crippen LogP contribution in [-0.2, 0) is 9.47 Å². The monoisotopic (exact) mass is 359 g/mol. The first-order valence-electron chi connectivity index (χ1n) is 6.19. The van der Waals surface area contributed by atoms with Crippen molar-refractivity contribution in [1.29, 1.82) is 0 Å². The number of nitrogens with two attached hydrogens (primary N) is 1. The normalized spacial score (nSPS) is 29.3. The molecule has 2 aromatic heterocycles. The largest absolute Gasteiger partial charge is 0.394 e. The van der Waals surface area contributed by atoms with E-state index < -0.39 is 24.5 Å². The van der Waals surface area contributed by atoms with E-state index in [4.69, 9.17) is 15.2 Å². The first-order chi connectivity index (χ1) is 10.1. The summed E-state index contributed by atoms with van der Waals surface area (Å²) < 4.78 is 12.7. The van der Waals surface area contributed by atoms with Crippen molar-refractivity contribution >= 4 is 32.9 Å². The molecule has 114 valence electrons. The molecule has 1 aliphatic heterocycles. The molecule has 2 aromatic rings. The van der Waals surface area contributed by atoms with Crippen LogP contribution in [0.3, 0.4) is 0 Å². The standard InChI is InChI=1S/C11H14BrN5O4/c1-20-7-4(2-18)21-10(6(7)19)17-3-14-5-8(13)15-11(12)16-9(5)17/h3-4,6-7,10,18-19H,2H2,1H3,(H2,13,15,16)/t4-,6-,7-,10-/m1/s1. The Morgan fingerprint density at radius 1 is 1.52 bits per heavy atom. The second kappa shape index (κ2) is 5.46. The van der Waals surface area contributed by atoms with Crippen molar-refractivity contribution in [3.8, 4) is 0 Å². The maximum atomic E-state index is 10.3. The fourth-order valence-electron chi connectivity index (χ4n) is 2.48. The number of fused-ring (bicyclic) bond motifs is 1. The number of ether oxygens (including phenoxy) is 2. The molecular formula is C11H14BrN5O4. The second-order valence-corrected chi connectivity index (χ2v) is 5.35. The number of methoxy groups -OCH3 is 1. The van der Waals surface area contributed by atoms with Crippen LogP contribution >= 0.6 is 15.9 Å². The van der Waals surface area contributed by atoms with Gasteiger partial charge in [0, 0.05) is 7.11 Å². The van der Waals surface area contributed by atoms with Crippen LogP contribution in [0, 0.1) is 0 Å². The number of aromatic nitrogens is 4. The van der Waals surface area contributed by atoms with Crippen LogP contribution in [0.15, 0.2) is 11.1 Å². The minimum absolute atomic E-state index is 0.222. The SMILES string of the molecule is CO[C@H]1[C@@H](O)[C@H](n2cnc3c(N)nc(Br)nc32)O[C@@H]1CO. The van der Waals surface area contributed by atoms with Gasteiger partial charge in [-0.2, -0.15) is 0 Å². The topological polar surface area (TPSA) is 129 Å². The maximum absolute atomic E-state index is 10.3. The van der Waals surface area contributed by atoms with Gasteiger partial charge < -0.3 is 25.4 Å². The van der Waals surface area contributed by atoms with Crippen LogP contribution in [0.25, 0.3) is 11.2 Å². The third kappa shape index (κ3) is 2.28. The first kappa shape index (κ1) is 14.6. The van der Waals surface area contributed by atoms with Crippen molar-refractivity contribution in [3.05, 3.63) is 11.1 Å². The van der Waals surface area contributed by atoms with Crippen molar-refractivity contribution < 1.29 is 19.7 Å². The smallest absolute Gasteiger partial charge is 0.200 e. The quantitative estimate of drug-likeness (QED) is 0.621. The molecule has 3 heterocycles. The molecule has 0 aromatic carbocycles. The van der Waals surface area contributed by atoms with Crippen LogP contribution in [0.5, 0.6) is 0 Å². The molecule has 1 aliphatic rings. The van der Waals surface area contributed by atoms with Crippen molar-refractivity contribution in [2.75, 3.05) is 19.5 Å². The van der Waals surface area contributed by atoms with E-state index in [1.54, 1.807) is 4.57 Å². The molecule has 0 saturated carbocycles. The van der Waals surface area contributed by atoms with E-state index in [1.807, 2.05) is 0 Å². The molecule has 3 rings (SSSR count). The highest BCUT2D eigenvalue weighted by Crippen LogP contribution is 2.33. The third-order valence-corrected chi connectivity index (χ3v) is 3.81. The van der Waals surface area contributed by atoms with Crippen molar-refractivity contribution in [1.82, 2.24) is 19.5 Å². The van der Waals surface area contributed by atoms with Crippen LogP contribution in [0.2, 0.25) is 0 Å². The Morgan fingerprint density at radius 2 is 2.29 bits per heavy atom. The van der Waals surface area contributed by atoms with Gasteiger partial charge in [-0.25, -0.2) is 15.0 Å². The number of hydrogen-bond acceptors (Lipinski definition) is 8. The molecule has 1 fully saturated rings. The predicted octanol–water partition coefficient (Wildman–Crippen LogP) is -0.563. The summed E-state index contributed by atoms with van der Waals surface area (Å²) in [6.45, 7) is -0.264. The van der Waals surface area contributed by atoms with Crippen LogP contribution in [0.4, 0.5) is 5.82 Å². The van der Waals surface area contributed by atoms with Gasteiger partial charge in [-0.15, -0.1) is 0 Å². The summed E-state index contributed by atoms with van der Waals surface area (Å²) in [6.07, 6.45) is -1.56. The number of halogens is 1. The molecule has 21 heavy (non-hydrogen) atoms. The Bertz CT molecular complexity index is 665. The summed E-state index contributed by atoms with van der Waals surface area (Å²) >= 11 is 3.17. The second-order valence-electron chi connectivity index (χ2n) is 4.64. The van der Waals surface area contributed by atoms with E-state index in [1.165, 1.54) is 13.4 Å². The Balaban J connectivity index is 2.05. The first-order valence-corrected chi connectivity index (χ1v) is 6.98. The number of rotatable bonds is 3. The highest BCUT2D eigenvalue weighted by molar-refractivity contribution is 9.10. The van der Waals surface area contributed by atoms with Crippen molar-refractivity contribution in [2.24, 2.45) is 0 Å². The summed E-state index contributed by atoms with van der Waals surface area (Å²) in [5.74, 6) is 0.222. The lowest BCUT2D eigenvalue weighted by Gasteiger charge is -2.17. The van der Waals surface area contributed by atoms with Gasteiger partial charge in [0.2, 0.25) is 4.73 Å². The van der Waals surface area contributed by atoms with Gasteiger partial charge in [0.1, 0.15) is 23.8 Å². The molecule has 10 heteroatoms. The lowest BCUT2D eigenvalue weighted by atomic mass is 10.1. The van der Waals surface area contributed by atoms with Crippen LogP contribution in [0.1, 0.15) is 6.23 Å². The summed E-state index contributed by atoms with van der Waals surface area (Å²) in [7, 11) is 1.45. The van der Waals surface area contributed by atoms with Gasteiger partial charge in [-0.1, -0.05) is 0 Å².